The van der Waals surface area contributed by atoms with E-state index in [4.69, 9.17) is 4.74 Å². The molecule has 0 spiro atoms. The van der Waals surface area contributed by atoms with Crippen LogP contribution in [-0.4, -0.2) is 43.1 Å². The van der Waals surface area contributed by atoms with Crippen molar-refractivity contribution in [2.45, 2.75) is 38.8 Å². The molecule has 0 radical (unpaired) electrons. The zero-order valence-corrected chi connectivity index (χ0v) is 15.7. The fourth-order valence-electron chi connectivity index (χ4n) is 4.27. The van der Waals surface area contributed by atoms with E-state index in [1.165, 1.54) is 4.90 Å². The van der Waals surface area contributed by atoms with Crippen molar-refractivity contribution in [3.63, 3.8) is 0 Å². The van der Waals surface area contributed by atoms with E-state index in [-0.39, 0.29) is 5.75 Å². The molecule has 1 saturated heterocycles. The Morgan fingerprint density at radius 2 is 1.79 bits per heavy atom. The molecule has 156 valence electrons. The number of benzene rings is 1. The van der Waals surface area contributed by atoms with Gasteiger partial charge in [-0.1, -0.05) is 0 Å². The normalized spacial score (nSPS) is 23.6. The fraction of sp³-hybridized carbons (Fsp3) is 0.650. The number of ketones is 1. The van der Waals surface area contributed by atoms with E-state index >= 15 is 0 Å². The first-order valence-electron chi connectivity index (χ1n) is 9.56. The number of carbonyl (C=O) groups is 1. The van der Waals surface area contributed by atoms with Gasteiger partial charge in [-0.25, -0.2) is 8.78 Å². The lowest BCUT2D eigenvalue weighted by Crippen LogP contribution is -2.40. The van der Waals surface area contributed by atoms with Gasteiger partial charge in [0.2, 0.25) is 0 Å². The molecule has 1 aromatic rings. The summed E-state index contributed by atoms with van der Waals surface area (Å²) in [6.07, 6.45) is -0.819. The first-order chi connectivity index (χ1) is 13.1. The minimum Gasteiger partial charge on any atom is -0.493 e. The highest BCUT2D eigenvalue weighted by Gasteiger charge is 2.44. The molecule has 1 aromatic carbocycles. The summed E-state index contributed by atoms with van der Waals surface area (Å²) in [7, 11) is 0. The Balaban J connectivity index is 1.40. The van der Waals surface area contributed by atoms with Crippen LogP contribution in [0.2, 0.25) is 0 Å². The standard InChI is InChI=1S/C20H24F5NO2/c1-12(27)19-17(21)9-15(10-18(19)22)28-7-4-14-8-16(14)13-2-5-26(6-3-13)11-20(23,24)25/h9-10,13-14,16H,2-8,11H2,1H3/t14-,16-/m1/s1. The van der Waals surface area contributed by atoms with Gasteiger partial charge >= 0.3 is 6.18 Å². The lowest BCUT2D eigenvalue weighted by atomic mass is 9.90. The van der Waals surface area contributed by atoms with Gasteiger partial charge in [-0.2, -0.15) is 13.2 Å². The molecule has 0 amide bonds. The second-order valence-electron chi connectivity index (χ2n) is 7.84. The Labute approximate surface area is 160 Å². The Morgan fingerprint density at radius 1 is 1.18 bits per heavy atom. The molecule has 0 bridgehead atoms. The van der Waals surface area contributed by atoms with E-state index in [9.17, 15) is 26.7 Å². The van der Waals surface area contributed by atoms with Gasteiger partial charge in [0.25, 0.3) is 0 Å². The highest BCUT2D eigenvalue weighted by atomic mass is 19.4. The van der Waals surface area contributed by atoms with Crippen LogP contribution in [0.15, 0.2) is 12.1 Å². The maximum atomic E-state index is 13.8. The Bertz CT molecular complexity index is 690. The number of ether oxygens (including phenoxy) is 1. The smallest absolute Gasteiger partial charge is 0.401 e. The molecule has 8 heteroatoms. The Hall–Kier alpha value is -1.70. The number of nitrogens with zero attached hydrogens (tertiary/aromatic N) is 1. The van der Waals surface area contributed by atoms with E-state index in [0.717, 1.165) is 44.7 Å². The summed E-state index contributed by atoms with van der Waals surface area (Å²) in [5, 5.41) is 0. The second kappa shape index (κ2) is 8.35. The predicted octanol–water partition coefficient (Wildman–Crippen LogP) is 4.85. The summed E-state index contributed by atoms with van der Waals surface area (Å²) in [6.45, 7) is 1.53. The summed E-state index contributed by atoms with van der Waals surface area (Å²) in [5.74, 6) is -1.09. The minimum absolute atomic E-state index is 0.0534. The predicted molar refractivity (Wildman–Crippen MR) is 93.3 cm³/mol. The van der Waals surface area contributed by atoms with Crippen molar-refractivity contribution in [3.05, 3.63) is 29.3 Å². The molecule has 0 N–H and O–H groups in total. The van der Waals surface area contributed by atoms with Gasteiger partial charge < -0.3 is 4.74 Å². The molecule has 0 aromatic heterocycles. The Kier molecular flexibility index (Phi) is 6.27. The lowest BCUT2D eigenvalue weighted by Gasteiger charge is -2.32. The number of rotatable bonds is 7. The largest absolute Gasteiger partial charge is 0.493 e. The van der Waals surface area contributed by atoms with E-state index in [1.807, 2.05) is 0 Å². The molecule has 3 rings (SSSR count). The van der Waals surface area contributed by atoms with Crippen LogP contribution in [0.3, 0.4) is 0 Å². The average Bonchev–Trinajstić information content (AvgIpc) is 3.32. The molecule has 1 heterocycles. The van der Waals surface area contributed by atoms with Crippen LogP contribution in [-0.2, 0) is 0 Å². The summed E-state index contributed by atoms with van der Waals surface area (Å²) < 4.78 is 70.3. The number of hydrogen-bond acceptors (Lipinski definition) is 3. The maximum absolute atomic E-state index is 13.8. The van der Waals surface area contributed by atoms with E-state index in [0.29, 0.717) is 37.5 Å². The molecule has 3 nitrogen and oxygen atoms in total. The van der Waals surface area contributed by atoms with Crippen molar-refractivity contribution in [1.29, 1.82) is 0 Å². The zero-order chi connectivity index (χ0) is 20.5. The van der Waals surface area contributed by atoms with Crippen molar-refractivity contribution < 1.29 is 31.5 Å². The van der Waals surface area contributed by atoms with Crippen LogP contribution in [0.5, 0.6) is 5.75 Å². The van der Waals surface area contributed by atoms with Gasteiger partial charge in [0.1, 0.15) is 17.4 Å². The Morgan fingerprint density at radius 3 is 2.32 bits per heavy atom. The molecule has 28 heavy (non-hydrogen) atoms. The SMILES string of the molecule is CC(=O)c1c(F)cc(OCC[C@@H]2C[C@@H]2C2CCN(CC(F)(F)F)CC2)cc1F. The molecule has 1 saturated carbocycles. The topological polar surface area (TPSA) is 29.5 Å². The first-order valence-corrected chi connectivity index (χ1v) is 9.56. The minimum atomic E-state index is -4.14. The van der Waals surface area contributed by atoms with Gasteiger partial charge in [-0.05, 0) is 63.5 Å². The van der Waals surface area contributed by atoms with Crippen LogP contribution in [0, 0.1) is 29.4 Å². The highest BCUT2D eigenvalue weighted by molar-refractivity contribution is 5.94. The zero-order valence-electron chi connectivity index (χ0n) is 15.7. The molecular weight excluding hydrogens is 381 g/mol. The third-order valence-corrected chi connectivity index (χ3v) is 5.74. The van der Waals surface area contributed by atoms with E-state index in [1.54, 1.807) is 0 Å². The highest BCUT2D eigenvalue weighted by Crippen LogP contribution is 2.49. The second-order valence-corrected chi connectivity index (χ2v) is 7.84. The summed E-state index contributed by atoms with van der Waals surface area (Å²) in [4.78, 5) is 12.7. The van der Waals surface area contributed by atoms with Crippen LogP contribution >= 0.6 is 0 Å². The number of Topliss-reactive ketones (excluding diaryl/α,β-unsaturated/α-hetero) is 1. The third-order valence-electron chi connectivity index (χ3n) is 5.74. The monoisotopic (exact) mass is 405 g/mol. The van der Waals surface area contributed by atoms with Gasteiger partial charge in [-0.3, -0.25) is 9.69 Å². The summed E-state index contributed by atoms with van der Waals surface area (Å²) >= 11 is 0. The van der Waals surface area contributed by atoms with Gasteiger partial charge in [0.15, 0.2) is 5.78 Å². The molecule has 2 atom stereocenters. The number of hydrogen-bond donors (Lipinski definition) is 0. The first kappa shape index (κ1) is 21.0. The van der Waals surface area contributed by atoms with Crippen molar-refractivity contribution in [2.24, 2.45) is 17.8 Å². The van der Waals surface area contributed by atoms with E-state index in [2.05, 4.69) is 0 Å². The maximum Gasteiger partial charge on any atom is 0.401 e. The summed E-state index contributed by atoms with van der Waals surface area (Å²) in [6, 6.07) is 2.03. The van der Waals surface area contributed by atoms with Crippen LogP contribution in [0.25, 0.3) is 0 Å². The van der Waals surface area contributed by atoms with Crippen molar-refractivity contribution in [2.75, 3.05) is 26.2 Å². The average molecular weight is 405 g/mol. The van der Waals surface area contributed by atoms with Crippen LogP contribution in [0.1, 0.15) is 43.0 Å². The number of piperidine rings is 1. The number of alkyl halides is 3. The summed E-state index contributed by atoms with van der Waals surface area (Å²) in [5.41, 5.74) is -0.563. The fourth-order valence-corrected chi connectivity index (χ4v) is 4.27. The molecule has 0 unspecified atom stereocenters. The molecule has 1 aliphatic heterocycles. The van der Waals surface area contributed by atoms with Crippen molar-refractivity contribution in [3.8, 4) is 5.75 Å². The number of likely N-dealkylation sites (tertiary alicyclic amines) is 1. The van der Waals surface area contributed by atoms with Crippen LogP contribution in [0.4, 0.5) is 22.0 Å². The number of halogens is 5. The van der Waals surface area contributed by atoms with Crippen molar-refractivity contribution >= 4 is 5.78 Å². The molecule has 2 fully saturated rings. The van der Waals surface area contributed by atoms with Gasteiger partial charge in [-0.15, -0.1) is 0 Å². The van der Waals surface area contributed by atoms with Gasteiger partial charge in [0, 0.05) is 12.1 Å². The third kappa shape index (κ3) is 5.43. The van der Waals surface area contributed by atoms with Gasteiger partial charge in [0.05, 0.1) is 18.7 Å². The number of carbonyl (C=O) groups excluding carboxylic acids is 1. The van der Waals surface area contributed by atoms with E-state index < -0.39 is 35.7 Å². The molecular formula is C20H24F5NO2. The van der Waals surface area contributed by atoms with Crippen molar-refractivity contribution in [1.82, 2.24) is 4.90 Å². The molecule has 1 aliphatic carbocycles. The quantitative estimate of drug-likeness (QED) is 0.480. The van der Waals surface area contributed by atoms with Crippen LogP contribution < -0.4 is 4.74 Å². The lowest BCUT2D eigenvalue weighted by molar-refractivity contribution is -0.148. The molecule has 2 aliphatic rings.